The Morgan fingerprint density at radius 1 is 0.607 bits per heavy atom. The van der Waals surface area contributed by atoms with Gasteiger partial charge in [0.25, 0.3) is 0 Å². The van der Waals surface area contributed by atoms with E-state index in [1.54, 1.807) is 6.33 Å². The molecular formula is C24H38N4. The maximum atomic E-state index is 4.64. The van der Waals surface area contributed by atoms with E-state index in [4.69, 9.17) is 0 Å². The van der Waals surface area contributed by atoms with Crippen LogP contribution in [0.25, 0.3) is 0 Å². The smallest absolute Gasteiger partial charge is 0.115 e. The van der Waals surface area contributed by atoms with E-state index in [1.807, 2.05) is 18.6 Å². The Kier molecular flexibility index (Phi) is 6.04. The molecule has 0 saturated heterocycles. The van der Waals surface area contributed by atoms with Crippen LogP contribution < -0.4 is 0 Å². The third-order valence-electron chi connectivity index (χ3n) is 5.79. The summed E-state index contributed by atoms with van der Waals surface area (Å²) in [5, 5.41) is 8.36. The SMILES string of the molecule is CC(C)(C)c1cnncc1C(C)(C)CCC(C)(C)c1cncnc1C(C)(C)C. The van der Waals surface area contributed by atoms with Crippen LogP contribution in [-0.4, -0.2) is 20.2 Å². The minimum atomic E-state index is -0.0104. The van der Waals surface area contributed by atoms with Gasteiger partial charge in [-0.1, -0.05) is 69.2 Å². The fourth-order valence-corrected chi connectivity index (χ4v) is 3.78. The van der Waals surface area contributed by atoms with Gasteiger partial charge in [-0.2, -0.15) is 10.2 Å². The lowest BCUT2D eigenvalue weighted by Crippen LogP contribution is -2.30. The van der Waals surface area contributed by atoms with Gasteiger partial charge in [0.05, 0.1) is 18.1 Å². The molecule has 4 nitrogen and oxygen atoms in total. The molecule has 0 fully saturated rings. The average Bonchev–Trinajstić information content (AvgIpc) is 2.59. The van der Waals surface area contributed by atoms with Gasteiger partial charge in [0.15, 0.2) is 0 Å². The van der Waals surface area contributed by atoms with Crippen molar-refractivity contribution in [2.45, 2.75) is 104 Å². The van der Waals surface area contributed by atoms with Crippen molar-refractivity contribution in [2.24, 2.45) is 0 Å². The van der Waals surface area contributed by atoms with Gasteiger partial charge >= 0.3 is 0 Å². The molecule has 0 N–H and O–H groups in total. The zero-order valence-corrected chi connectivity index (χ0v) is 19.5. The number of hydrogen-bond donors (Lipinski definition) is 0. The number of rotatable bonds is 5. The molecule has 154 valence electrons. The van der Waals surface area contributed by atoms with E-state index in [-0.39, 0.29) is 21.7 Å². The quantitative estimate of drug-likeness (QED) is 0.646. The summed E-state index contributed by atoms with van der Waals surface area (Å²) in [5.74, 6) is 0. The predicted octanol–water partition coefficient (Wildman–Crippen LogP) is 5.90. The molecule has 2 rings (SSSR count). The standard InChI is InChI=1S/C24H38N4/c1-21(2,3)17-14-27-28-15-18(17)23(7,8)11-12-24(9,10)19-13-25-16-26-20(19)22(4,5)6/h13-16H,11-12H2,1-10H3. The summed E-state index contributed by atoms with van der Waals surface area (Å²) < 4.78 is 0. The highest BCUT2D eigenvalue weighted by Crippen LogP contribution is 2.41. The molecule has 28 heavy (non-hydrogen) atoms. The van der Waals surface area contributed by atoms with Crippen LogP contribution in [0.1, 0.15) is 104 Å². The molecule has 2 heterocycles. The first-order chi connectivity index (χ1) is 12.7. The summed E-state index contributed by atoms with van der Waals surface area (Å²) in [6.07, 6.45) is 9.66. The van der Waals surface area contributed by atoms with Crippen molar-refractivity contribution in [3.63, 3.8) is 0 Å². The summed E-state index contributed by atoms with van der Waals surface area (Å²) >= 11 is 0. The van der Waals surface area contributed by atoms with Crippen LogP contribution in [0.4, 0.5) is 0 Å². The van der Waals surface area contributed by atoms with Crippen molar-refractivity contribution >= 4 is 0 Å². The molecule has 2 aromatic rings. The zero-order valence-electron chi connectivity index (χ0n) is 19.5. The first-order valence-electron chi connectivity index (χ1n) is 10.3. The normalized spacial score (nSPS) is 13.6. The Labute approximate surface area is 171 Å². The summed E-state index contributed by atoms with van der Waals surface area (Å²) in [4.78, 5) is 8.98. The second-order valence-electron chi connectivity index (χ2n) is 11.4. The van der Waals surface area contributed by atoms with E-state index in [0.717, 1.165) is 18.5 Å². The van der Waals surface area contributed by atoms with E-state index in [0.29, 0.717) is 0 Å². The Morgan fingerprint density at radius 3 is 1.61 bits per heavy atom. The van der Waals surface area contributed by atoms with E-state index in [2.05, 4.69) is 89.4 Å². The van der Waals surface area contributed by atoms with Gasteiger partial charge in [0, 0.05) is 11.6 Å². The van der Waals surface area contributed by atoms with Gasteiger partial charge in [-0.15, -0.1) is 0 Å². The maximum Gasteiger partial charge on any atom is 0.115 e. The molecule has 0 radical (unpaired) electrons. The fourth-order valence-electron chi connectivity index (χ4n) is 3.78. The van der Waals surface area contributed by atoms with Crippen LogP contribution in [-0.2, 0) is 21.7 Å². The molecule has 0 spiro atoms. The van der Waals surface area contributed by atoms with Gasteiger partial charge in [0.1, 0.15) is 6.33 Å². The van der Waals surface area contributed by atoms with Crippen LogP contribution in [0.15, 0.2) is 24.9 Å². The third kappa shape index (κ3) is 4.95. The summed E-state index contributed by atoms with van der Waals surface area (Å²) in [7, 11) is 0. The first-order valence-corrected chi connectivity index (χ1v) is 10.3. The molecule has 0 atom stereocenters. The van der Waals surface area contributed by atoms with Crippen LogP contribution in [0.2, 0.25) is 0 Å². The van der Waals surface area contributed by atoms with Crippen molar-refractivity contribution in [3.8, 4) is 0 Å². The molecule has 0 amide bonds. The molecule has 2 aromatic heterocycles. The maximum absolute atomic E-state index is 4.64. The Morgan fingerprint density at radius 2 is 1.11 bits per heavy atom. The lowest BCUT2D eigenvalue weighted by Gasteiger charge is -2.36. The third-order valence-corrected chi connectivity index (χ3v) is 5.79. The van der Waals surface area contributed by atoms with Gasteiger partial charge in [-0.25, -0.2) is 9.97 Å². The van der Waals surface area contributed by atoms with Gasteiger partial charge < -0.3 is 0 Å². The first kappa shape index (κ1) is 22.4. The van der Waals surface area contributed by atoms with Gasteiger partial charge in [-0.3, -0.25) is 0 Å². The molecule has 0 aromatic carbocycles. The largest absolute Gasteiger partial charge is 0.244 e. The Bertz CT molecular complexity index is 738. The second kappa shape index (κ2) is 7.53. The second-order valence-corrected chi connectivity index (χ2v) is 11.4. The summed E-state index contributed by atoms with van der Waals surface area (Å²) in [6, 6.07) is 0. The zero-order chi connectivity index (χ0) is 21.4. The minimum Gasteiger partial charge on any atom is -0.244 e. The minimum absolute atomic E-state index is 0.000511. The molecule has 0 aliphatic carbocycles. The summed E-state index contributed by atoms with van der Waals surface area (Å²) in [5.41, 5.74) is 5.02. The molecule has 4 heteroatoms. The van der Waals surface area contributed by atoms with Gasteiger partial charge in [-0.05, 0) is 45.8 Å². The highest BCUT2D eigenvalue weighted by molar-refractivity contribution is 5.35. The van der Waals surface area contributed by atoms with Crippen molar-refractivity contribution in [1.29, 1.82) is 0 Å². The van der Waals surface area contributed by atoms with E-state index >= 15 is 0 Å². The van der Waals surface area contributed by atoms with Crippen molar-refractivity contribution in [1.82, 2.24) is 20.2 Å². The molecule has 0 saturated carbocycles. The molecule has 0 unspecified atom stereocenters. The lowest BCUT2D eigenvalue weighted by molar-refractivity contribution is 0.361. The predicted molar refractivity (Wildman–Crippen MR) is 117 cm³/mol. The van der Waals surface area contributed by atoms with Gasteiger partial charge in [0.2, 0.25) is 0 Å². The highest BCUT2D eigenvalue weighted by Gasteiger charge is 2.34. The average molecular weight is 383 g/mol. The lowest BCUT2D eigenvalue weighted by atomic mass is 9.69. The monoisotopic (exact) mass is 382 g/mol. The van der Waals surface area contributed by atoms with E-state index in [1.165, 1.54) is 16.7 Å². The van der Waals surface area contributed by atoms with Crippen LogP contribution in [0.5, 0.6) is 0 Å². The number of hydrogen-bond acceptors (Lipinski definition) is 4. The van der Waals surface area contributed by atoms with Crippen LogP contribution >= 0.6 is 0 Å². The topological polar surface area (TPSA) is 51.6 Å². The van der Waals surface area contributed by atoms with Crippen molar-refractivity contribution in [2.75, 3.05) is 0 Å². The Hall–Kier alpha value is -1.84. The summed E-state index contributed by atoms with van der Waals surface area (Å²) in [6.45, 7) is 22.6. The van der Waals surface area contributed by atoms with E-state index < -0.39 is 0 Å². The number of nitrogens with zero attached hydrogens (tertiary/aromatic N) is 4. The fraction of sp³-hybridized carbons (Fsp3) is 0.667. The molecule has 0 aliphatic heterocycles. The molecule has 0 aliphatic rings. The van der Waals surface area contributed by atoms with E-state index in [9.17, 15) is 0 Å². The Balaban J connectivity index is 2.34. The molecular weight excluding hydrogens is 344 g/mol. The van der Waals surface area contributed by atoms with Crippen LogP contribution in [0, 0.1) is 0 Å². The molecule has 0 bridgehead atoms. The van der Waals surface area contributed by atoms with Crippen molar-refractivity contribution in [3.05, 3.63) is 47.3 Å². The number of aromatic nitrogens is 4. The highest BCUT2D eigenvalue weighted by atomic mass is 15.1. The van der Waals surface area contributed by atoms with Crippen molar-refractivity contribution < 1.29 is 0 Å². The van der Waals surface area contributed by atoms with Crippen LogP contribution in [0.3, 0.4) is 0 Å².